The van der Waals surface area contributed by atoms with Crippen LogP contribution in [0.15, 0.2) is 52.7 Å². The molecule has 1 unspecified atom stereocenters. The molecule has 0 spiro atoms. The number of allylic oxidation sites excluding steroid dienone is 1. The lowest BCUT2D eigenvalue weighted by Crippen LogP contribution is -2.47. The van der Waals surface area contributed by atoms with E-state index in [1.54, 1.807) is 4.90 Å². The quantitative estimate of drug-likeness (QED) is 0.248. The number of carbonyl (C=O) groups is 1. The van der Waals surface area contributed by atoms with Crippen LogP contribution in [-0.4, -0.2) is 59.6 Å². The van der Waals surface area contributed by atoms with Gasteiger partial charge in [-0.1, -0.05) is 63.5 Å². The second kappa shape index (κ2) is 16.4. The van der Waals surface area contributed by atoms with E-state index in [0.717, 1.165) is 48.3 Å². The number of hydrogen-bond donors (Lipinski definition) is 2. The van der Waals surface area contributed by atoms with Crippen molar-refractivity contribution in [1.82, 2.24) is 4.90 Å². The molecule has 3 rings (SSSR count). The topological polar surface area (TPSA) is 88.2 Å². The molecule has 0 aromatic heterocycles. The monoisotopic (exact) mass is 543 g/mol. The maximum Gasteiger partial charge on any atom is 0.270 e. The van der Waals surface area contributed by atoms with E-state index in [9.17, 15) is 9.18 Å². The highest BCUT2D eigenvalue weighted by Gasteiger charge is 2.36. The molecule has 218 valence electrons. The van der Waals surface area contributed by atoms with E-state index in [2.05, 4.69) is 50.5 Å². The molecule has 1 atom stereocenters. The highest BCUT2D eigenvalue weighted by Crippen LogP contribution is 2.29. The van der Waals surface area contributed by atoms with E-state index < -0.39 is 12.3 Å². The molecule has 1 amide bonds. The van der Waals surface area contributed by atoms with Gasteiger partial charge in [0.05, 0.1) is 19.3 Å². The van der Waals surface area contributed by atoms with Crippen molar-refractivity contribution in [3.8, 4) is 5.75 Å². The van der Waals surface area contributed by atoms with Crippen molar-refractivity contribution in [2.75, 3.05) is 26.2 Å². The Kier molecular flexibility index (Phi) is 13.7. The largest absolute Gasteiger partial charge is 0.490 e. The van der Waals surface area contributed by atoms with Gasteiger partial charge >= 0.3 is 0 Å². The molecular formula is C32H50FN3O3. The fourth-order valence-corrected chi connectivity index (χ4v) is 4.88. The smallest absolute Gasteiger partial charge is 0.270 e. The number of likely N-dealkylation sites (tertiary alicyclic amines) is 1. The number of aryl methyl sites for hydroxylation is 1. The number of para-hydroxylation sites is 1. The lowest BCUT2D eigenvalue weighted by Gasteiger charge is -2.35. The molecule has 7 heteroatoms. The predicted octanol–water partition coefficient (Wildman–Crippen LogP) is 6.46. The Morgan fingerprint density at radius 2 is 1.90 bits per heavy atom. The minimum atomic E-state index is -1.57. The van der Waals surface area contributed by atoms with Crippen molar-refractivity contribution in [3.05, 3.63) is 53.3 Å². The number of aliphatic hydroxyl groups is 1. The highest BCUT2D eigenvalue weighted by molar-refractivity contribution is 6.09. The summed E-state index contributed by atoms with van der Waals surface area (Å²) in [4.78, 5) is 18.6. The second-order valence-electron chi connectivity index (χ2n) is 11.0. The van der Waals surface area contributed by atoms with Gasteiger partial charge in [-0.25, -0.2) is 4.39 Å². The summed E-state index contributed by atoms with van der Waals surface area (Å²) in [5.74, 6) is 0.807. The van der Waals surface area contributed by atoms with Gasteiger partial charge < -0.3 is 20.5 Å². The zero-order valence-corrected chi connectivity index (χ0v) is 24.6. The van der Waals surface area contributed by atoms with Crippen molar-refractivity contribution in [3.63, 3.8) is 0 Å². The van der Waals surface area contributed by atoms with Gasteiger partial charge in [0.15, 0.2) is 0 Å². The first-order valence-corrected chi connectivity index (χ1v) is 14.6. The fourth-order valence-electron chi connectivity index (χ4n) is 4.88. The number of amides is 1. The van der Waals surface area contributed by atoms with Crippen LogP contribution in [0.4, 0.5) is 4.39 Å². The number of rotatable bonds is 11. The zero-order chi connectivity index (χ0) is 28.8. The van der Waals surface area contributed by atoms with E-state index in [1.165, 1.54) is 31.2 Å². The Balaban J connectivity index is 0.000000293. The molecule has 2 aliphatic rings. The number of benzene rings is 1. The number of nitrogens with zero attached hydrogens (tertiary/aromatic N) is 2. The molecule has 1 saturated carbocycles. The summed E-state index contributed by atoms with van der Waals surface area (Å²) in [5, 5.41) is 9.06. The van der Waals surface area contributed by atoms with Crippen molar-refractivity contribution in [2.24, 2.45) is 10.7 Å². The average Bonchev–Trinajstić information content (AvgIpc) is 3.40. The highest BCUT2D eigenvalue weighted by atomic mass is 19.1. The average molecular weight is 544 g/mol. The maximum atomic E-state index is 14.0. The van der Waals surface area contributed by atoms with Crippen LogP contribution in [0, 0.1) is 6.92 Å². The first kappa shape index (κ1) is 32.5. The van der Waals surface area contributed by atoms with Crippen LogP contribution in [-0.2, 0) is 4.79 Å². The fraction of sp³-hybridized carbons (Fsp3) is 0.625. The first-order valence-electron chi connectivity index (χ1n) is 14.6. The third-order valence-corrected chi connectivity index (χ3v) is 7.39. The van der Waals surface area contributed by atoms with Crippen molar-refractivity contribution >= 4 is 11.6 Å². The number of unbranched alkanes of at least 4 members (excludes halogenated alkanes) is 1. The van der Waals surface area contributed by atoms with Crippen LogP contribution >= 0.6 is 0 Å². The molecular weight excluding hydrogens is 493 g/mol. The third-order valence-electron chi connectivity index (χ3n) is 7.39. The van der Waals surface area contributed by atoms with Crippen LogP contribution < -0.4 is 10.5 Å². The molecule has 3 N–H and O–H groups in total. The number of ether oxygens (including phenoxy) is 1. The van der Waals surface area contributed by atoms with E-state index in [1.807, 2.05) is 13.0 Å². The third kappa shape index (κ3) is 10.4. The number of alkyl halides is 1. The Bertz CT molecular complexity index is 996. The van der Waals surface area contributed by atoms with Gasteiger partial charge in [0.1, 0.15) is 17.1 Å². The van der Waals surface area contributed by atoms with Crippen molar-refractivity contribution in [1.29, 1.82) is 0 Å². The summed E-state index contributed by atoms with van der Waals surface area (Å²) < 4.78 is 20.1. The SMILES string of the molecule is C=C(C)CN=C1CCC/C1=C(/N)C(=O)N1CCC(F)(CO)CC1.CCCCC(CCC)Oc1ccccc1C. The molecule has 2 fully saturated rings. The summed E-state index contributed by atoms with van der Waals surface area (Å²) in [6, 6.07) is 8.29. The Morgan fingerprint density at radius 1 is 1.21 bits per heavy atom. The normalized spacial score (nSPS) is 19.7. The molecule has 1 heterocycles. The van der Waals surface area contributed by atoms with Crippen LogP contribution in [0.25, 0.3) is 0 Å². The molecule has 1 aromatic rings. The predicted molar refractivity (Wildman–Crippen MR) is 159 cm³/mol. The summed E-state index contributed by atoms with van der Waals surface area (Å²) in [6.07, 6.45) is 9.25. The molecule has 1 aliphatic carbocycles. The number of aliphatic imine (C=N–C) groups is 1. The number of piperidine rings is 1. The Morgan fingerprint density at radius 3 is 2.49 bits per heavy atom. The van der Waals surface area contributed by atoms with Gasteiger partial charge in [-0.05, 0) is 57.6 Å². The zero-order valence-electron chi connectivity index (χ0n) is 24.6. The van der Waals surface area contributed by atoms with Crippen LogP contribution in [0.3, 0.4) is 0 Å². The van der Waals surface area contributed by atoms with Crippen LogP contribution in [0.5, 0.6) is 5.75 Å². The molecule has 0 bridgehead atoms. The van der Waals surface area contributed by atoms with E-state index in [-0.39, 0.29) is 37.5 Å². The molecule has 1 saturated heterocycles. The summed E-state index contributed by atoms with van der Waals surface area (Å²) in [6.45, 7) is 12.9. The summed E-state index contributed by atoms with van der Waals surface area (Å²) in [7, 11) is 0. The van der Waals surface area contributed by atoms with Crippen LogP contribution in [0.1, 0.15) is 90.5 Å². The standard InChI is InChI=1S/C17H26FN3O2.C15H24O/c1-12(2)10-20-14-5-3-4-13(14)15(19)16(23)21-8-6-17(18,11-22)7-9-21;1-4-6-11-14(9-5-2)16-15-12-8-7-10-13(15)3/h22H,1,3-11,19H2,2H3;7-8,10,12,14H,4-6,9,11H2,1-3H3/b15-13-,20-14?;. The molecule has 1 aromatic carbocycles. The number of aliphatic hydroxyl groups excluding tert-OH is 1. The summed E-state index contributed by atoms with van der Waals surface area (Å²) in [5.41, 5.74) is 8.68. The molecule has 0 radical (unpaired) electrons. The van der Waals surface area contributed by atoms with Gasteiger partial charge in [-0.3, -0.25) is 9.79 Å². The first-order chi connectivity index (χ1) is 18.6. The van der Waals surface area contributed by atoms with Gasteiger partial charge in [0.25, 0.3) is 5.91 Å². The number of halogens is 1. The van der Waals surface area contributed by atoms with E-state index in [0.29, 0.717) is 12.6 Å². The number of carbonyl (C=O) groups excluding carboxylic acids is 1. The Hall–Kier alpha value is -2.67. The van der Waals surface area contributed by atoms with E-state index in [4.69, 9.17) is 15.6 Å². The second-order valence-corrected chi connectivity index (χ2v) is 11.0. The van der Waals surface area contributed by atoms with Gasteiger partial charge in [0.2, 0.25) is 0 Å². The lowest BCUT2D eigenvalue weighted by atomic mass is 9.94. The van der Waals surface area contributed by atoms with Gasteiger partial charge in [0, 0.05) is 37.2 Å². The van der Waals surface area contributed by atoms with Crippen molar-refractivity contribution < 1.29 is 19.0 Å². The van der Waals surface area contributed by atoms with Gasteiger partial charge in [-0.2, -0.15) is 0 Å². The van der Waals surface area contributed by atoms with Crippen molar-refractivity contribution in [2.45, 2.75) is 104 Å². The minimum Gasteiger partial charge on any atom is -0.490 e. The lowest BCUT2D eigenvalue weighted by molar-refractivity contribution is -0.130. The van der Waals surface area contributed by atoms with E-state index >= 15 is 0 Å². The van der Waals surface area contributed by atoms with Gasteiger partial charge in [-0.15, -0.1) is 0 Å². The summed E-state index contributed by atoms with van der Waals surface area (Å²) >= 11 is 0. The minimum absolute atomic E-state index is 0.147. The number of nitrogens with two attached hydrogens (primary N) is 1. The molecule has 6 nitrogen and oxygen atoms in total. The van der Waals surface area contributed by atoms with Crippen LogP contribution in [0.2, 0.25) is 0 Å². The molecule has 1 aliphatic heterocycles. The maximum absolute atomic E-state index is 14.0. The number of hydrogen-bond acceptors (Lipinski definition) is 5. The Labute approximate surface area is 235 Å². The molecule has 39 heavy (non-hydrogen) atoms.